The second-order valence-electron chi connectivity index (χ2n) is 6.49. The average Bonchev–Trinajstić information content (AvgIpc) is 2.66. The van der Waals surface area contributed by atoms with Gasteiger partial charge in [-0.25, -0.2) is 4.39 Å². The van der Waals surface area contributed by atoms with Crippen LogP contribution < -0.4 is 15.4 Å². The molecule has 28 heavy (non-hydrogen) atoms. The van der Waals surface area contributed by atoms with Gasteiger partial charge in [-0.3, -0.25) is 4.99 Å². The highest BCUT2D eigenvalue weighted by atomic mass is 127. The minimum Gasteiger partial charge on any atom is -0.492 e. The molecule has 0 amide bonds. The summed E-state index contributed by atoms with van der Waals surface area (Å²) < 4.78 is 18.8. The lowest BCUT2D eigenvalue weighted by atomic mass is 10.1. The minimum absolute atomic E-state index is 0. The van der Waals surface area contributed by atoms with Crippen LogP contribution in [0, 0.1) is 5.82 Å². The molecular weight excluding hydrogens is 470 g/mol. The molecule has 0 spiro atoms. The molecular formula is C21H30FIN4O. The number of rotatable bonds is 9. The van der Waals surface area contributed by atoms with E-state index in [1.807, 2.05) is 38.4 Å². The lowest BCUT2D eigenvalue weighted by Crippen LogP contribution is -2.38. The highest BCUT2D eigenvalue weighted by Crippen LogP contribution is 2.17. The molecule has 0 atom stereocenters. The van der Waals surface area contributed by atoms with Gasteiger partial charge in [-0.2, -0.15) is 0 Å². The third kappa shape index (κ3) is 8.88. The van der Waals surface area contributed by atoms with Crippen LogP contribution in [-0.4, -0.2) is 51.7 Å². The summed E-state index contributed by atoms with van der Waals surface area (Å²) >= 11 is 0. The van der Waals surface area contributed by atoms with Crippen LogP contribution in [-0.2, 0) is 13.0 Å². The molecule has 0 saturated heterocycles. The van der Waals surface area contributed by atoms with Crippen LogP contribution in [0.2, 0.25) is 0 Å². The number of ether oxygens (including phenoxy) is 1. The molecule has 2 aromatic rings. The minimum atomic E-state index is -0.212. The fourth-order valence-electron chi connectivity index (χ4n) is 2.50. The van der Waals surface area contributed by atoms with E-state index in [0.29, 0.717) is 19.7 Å². The number of aliphatic imine (C=N–C) groups is 1. The van der Waals surface area contributed by atoms with Gasteiger partial charge in [0.2, 0.25) is 0 Å². The fraction of sp³-hybridized carbons (Fsp3) is 0.381. The maximum atomic E-state index is 12.9. The summed E-state index contributed by atoms with van der Waals surface area (Å²) in [4.78, 5) is 6.34. The Bertz CT molecular complexity index is 723. The predicted octanol–water partition coefficient (Wildman–Crippen LogP) is 3.29. The fourth-order valence-corrected chi connectivity index (χ4v) is 2.50. The molecule has 0 aromatic heterocycles. The van der Waals surface area contributed by atoms with Crippen molar-refractivity contribution >= 4 is 29.9 Å². The summed E-state index contributed by atoms with van der Waals surface area (Å²) in [5.41, 5.74) is 2.16. The summed E-state index contributed by atoms with van der Waals surface area (Å²) in [5, 5.41) is 6.59. The van der Waals surface area contributed by atoms with Gasteiger partial charge in [0.1, 0.15) is 18.2 Å². The second-order valence-corrected chi connectivity index (χ2v) is 6.49. The Hall–Kier alpha value is -1.87. The molecule has 2 aromatic carbocycles. The van der Waals surface area contributed by atoms with Crippen molar-refractivity contribution in [2.75, 3.05) is 40.8 Å². The number of hydrogen-bond donors (Lipinski definition) is 2. The number of guanidine groups is 1. The molecule has 0 saturated carbocycles. The number of para-hydroxylation sites is 1. The Kier molecular flexibility index (Phi) is 11.5. The maximum Gasteiger partial charge on any atom is 0.191 e. The molecule has 0 bridgehead atoms. The van der Waals surface area contributed by atoms with Crippen molar-refractivity contribution < 1.29 is 9.13 Å². The van der Waals surface area contributed by atoms with E-state index in [2.05, 4.69) is 20.5 Å². The van der Waals surface area contributed by atoms with Crippen LogP contribution in [0.3, 0.4) is 0 Å². The van der Waals surface area contributed by atoms with Gasteiger partial charge < -0.3 is 20.3 Å². The summed E-state index contributed by atoms with van der Waals surface area (Å²) in [5.74, 6) is 1.39. The zero-order chi connectivity index (χ0) is 19.5. The molecule has 5 nitrogen and oxygen atoms in total. The highest BCUT2D eigenvalue weighted by molar-refractivity contribution is 14.0. The third-order valence-electron chi connectivity index (χ3n) is 4.06. The highest BCUT2D eigenvalue weighted by Gasteiger charge is 2.05. The number of benzene rings is 2. The van der Waals surface area contributed by atoms with E-state index in [0.717, 1.165) is 35.8 Å². The normalized spacial score (nSPS) is 11.1. The first kappa shape index (κ1) is 24.2. The van der Waals surface area contributed by atoms with E-state index >= 15 is 0 Å². The van der Waals surface area contributed by atoms with Crippen molar-refractivity contribution in [3.05, 3.63) is 65.5 Å². The van der Waals surface area contributed by atoms with Crippen molar-refractivity contribution in [1.29, 1.82) is 0 Å². The van der Waals surface area contributed by atoms with Crippen LogP contribution >= 0.6 is 24.0 Å². The monoisotopic (exact) mass is 500 g/mol. The van der Waals surface area contributed by atoms with Crippen LogP contribution in [0.5, 0.6) is 5.75 Å². The Morgan fingerprint density at radius 2 is 1.79 bits per heavy atom. The standard InChI is InChI=1S/C21H29FN4O.HI/c1-23-21(24-13-12-17-8-10-19(22)11-9-17)25-16-18-6-4-5-7-20(18)27-15-14-26(2)3;/h4-11H,12-16H2,1-3H3,(H2,23,24,25);1H. The maximum absolute atomic E-state index is 12.9. The first-order valence-electron chi connectivity index (χ1n) is 9.13. The van der Waals surface area contributed by atoms with E-state index < -0.39 is 0 Å². The van der Waals surface area contributed by atoms with E-state index in [1.165, 1.54) is 12.1 Å². The lowest BCUT2D eigenvalue weighted by molar-refractivity contribution is 0.259. The zero-order valence-electron chi connectivity index (χ0n) is 16.7. The van der Waals surface area contributed by atoms with Gasteiger partial charge in [-0.1, -0.05) is 30.3 Å². The first-order valence-corrected chi connectivity index (χ1v) is 9.13. The Labute approximate surface area is 184 Å². The smallest absolute Gasteiger partial charge is 0.191 e. The molecule has 0 aliphatic carbocycles. The number of nitrogens with one attached hydrogen (secondary N) is 2. The summed E-state index contributed by atoms with van der Waals surface area (Å²) in [6, 6.07) is 14.6. The Balaban J connectivity index is 0.00000392. The topological polar surface area (TPSA) is 48.9 Å². The molecule has 0 fully saturated rings. The number of likely N-dealkylation sites (N-methyl/N-ethyl adjacent to an activating group) is 1. The van der Waals surface area contributed by atoms with Gasteiger partial charge in [0, 0.05) is 32.2 Å². The number of nitrogens with zero attached hydrogens (tertiary/aromatic N) is 2. The van der Waals surface area contributed by atoms with E-state index in [4.69, 9.17) is 4.74 Å². The third-order valence-corrected chi connectivity index (χ3v) is 4.06. The Morgan fingerprint density at radius 3 is 2.46 bits per heavy atom. The van der Waals surface area contributed by atoms with Crippen molar-refractivity contribution in [1.82, 2.24) is 15.5 Å². The van der Waals surface area contributed by atoms with Crippen LogP contribution in [0.4, 0.5) is 4.39 Å². The summed E-state index contributed by atoms with van der Waals surface area (Å²) in [6.07, 6.45) is 0.797. The van der Waals surface area contributed by atoms with Crippen LogP contribution in [0.15, 0.2) is 53.5 Å². The van der Waals surface area contributed by atoms with Gasteiger partial charge in [-0.05, 0) is 44.3 Å². The lowest BCUT2D eigenvalue weighted by Gasteiger charge is -2.16. The van der Waals surface area contributed by atoms with E-state index in [1.54, 1.807) is 19.2 Å². The summed E-state index contributed by atoms with van der Waals surface area (Å²) in [7, 11) is 5.80. The molecule has 154 valence electrons. The second kappa shape index (κ2) is 13.3. The average molecular weight is 500 g/mol. The van der Waals surface area contributed by atoms with Crippen molar-refractivity contribution in [3.8, 4) is 5.75 Å². The van der Waals surface area contributed by atoms with Crippen molar-refractivity contribution in [3.63, 3.8) is 0 Å². The molecule has 0 radical (unpaired) electrons. The first-order chi connectivity index (χ1) is 13.1. The molecule has 2 rings (SSSR count). The van der Waals surface area contributed by atoms with Crippen LogP contribution in [0.25, 0.3) is 0 Å². The van der Waals surface area contributed by atoms with Crippen LogP contribution in [0.1, 0.15) is 11.1 Å². The number of halogens is 2. The SMILES string of the molecule is CN=C(NCCc1ccc(F)cc1)NCc1ccccc1OCCN(C)C.I. The predicted molar refractivity (Wildman–Crippen MR) is 124 cm³/mol. The quantitative estimate of drug-likeness (QED) is 0.315. The van der Waals surface area contributed by atoms with E-state index in [9.17, 15) is 4.39 Å². The number of hydrogen-bond acceptors (Lipinski definition) is 3. The molecule has 0 unspecified atom stereocenters. The van der Waals surface area contributed by atoms with Gasteiger partial charge in [-0.15, -0.1) is 24.0 Å². The Morgan fingerprint density at radius 1 is 1.07 bits per heavy atom. The van der Waals surface area contributed by atoms with Gasteiger partial charge >= 0.3 is 0 Å². The summed E-state index contributed by atoms with van der Waals surface area (Å²) in [6.45, 7) is 2.85. The van der Waals surface area contributed by atoms with Crippen molar-refractivity contribution in [2.24, 2.45) is 4.99 Å². The van der Waals surface area contributed by atoms with Gasteiger partial charge in [0.25, 0.3) is 0 Å². The molecule has 0 aliphatic rings. The largest absolute Gasteiger partial charge is 0.492 e. The molecule has 2 N–H and O–H groups in total. The molecule has 0 heterocycles. The van der Waals surface area contributed by atoms with Crippen molar-refractivity contribution in [2.45, 2.75) is 13.0 Å². The molecule has 7 heteroatoms. The zero-order valence-corrected chi connectivity index (χ0v) is 19.1. The van der Waals surface area contributed by atoms with E-state index in [-0.39, 0.29) is 29.8 Å². The van der Waals surface area contributed by atoms with Gasteiger partial charge in [0.05, 0.1) is 0 Å². The molecule has 0 aliphatic heterocycles. The van der Waals surface area contributed by atoms with Gasteiger partial charge in [0.15, 0.2) is 5.96 Å².